The highest BCUT2D eigenvalue weighted by atomic mass is 35.5. The second kappa shape index (κ2) is 8.42. The molecule has 0 unspecified atom stereocenters. The van der Waals surface area contributed by atoms with Crippen molar-refractivity contribution in [1.29, 1.82) is 0 Å². The van der Waals surface area contributed by atoms with Gasteiger partial charge in [0.2, 0.25) is 5.91 Å². The summed E-state index contributed by atoms with van der Waals surface area (Å²) in [5.74, 6) is -0.428. The van der Waals surface area contributed by atoms with Crippen LogP contribution in [0, 0.1) is 0 Å². The minimum atomic E-state index is -0.320. The third kappa shape index (κ3) is 5.04. The summed E-state index contributed by atoms with van der Waals surface area (Å²) in [6.45, 7) is 1.76. The summed E-state index contributed by atoms with van der Waals surface area (Å²) in [5.41, 5.74) is 1.58. The van der Waals surface area contributed by atoms with Gasteiger partial charge in [0.05, 0.1) is 10.7 Å². The van der Waals surface area contributed by atoms with Crippen molar-refractivity contribution in [3.8, 4) is 0 Å². The lowest BCUT2D eigenvalue weighted by atomic mass is 10.2. The lowest BCUT2D eigenvalue weighted by Crippen LogP contribution is -2.34. The zero-order chi connectivity index (χ0) is 17.5. The molecular formula is C17H16ClN3O2S. The van der Waals surface area contributed by atoms with Crippen LogP contribution in [-0.4, -0.2) is 16.9 Å². The molecule has 2 aromatic carbocycles. The molecule has 24 heavy (non-hydrogen) atoms. The Morgan fingerprint density at radius 2 is 1.79 bits per heavy atom. The number of anilines is 2. The van der Waals surface area contributed by atoms with Gasteiger partial charge in [-0.05, 0) is 42.5 Å². The van der Waals surface area contributed by atoms with Crippen molar-refractivity contribution < 1.29 is 9.59 Å². The number of rotatable bonds is 4. The van der Waals surface area contributed by atoms with Gasteiger partial charge in [-0.25, -0.2) is 0 Å². The van der Waals surface area contributed by atoms with E-state index in [1.807, 2.05) is 6.07 Å². The Morgan fingerprint density at radius 3 is 2.46 bits per heavy atom. The summed E-state index contributed by atoms with van der Waals surface area (Å²) in [6, 6.07) is 13.7. The van der Waals surface area contributed by atoms with E-state index < -0.39 is 0 Å². The number of carbonyl (C=O) groups excluding carboxylic acids is 2. The average molecular weight is 362 g/mol. The summed E-state index contributed by atoms with van der Waals surface area (Å²) in [5, 5.41) is 8.70. The molecule has 0 bridgehead atoms. The highest BCUT2D eigenvalue weighted by molar-refractivity contribution is 7.80. The number of nitrogens with one attached hydrogen (secondary N) is 3. The van der Waals surface area contributed by atoms with Crippen LogP contribution in [0.25, 0.3) is 0 Å². The fourth-order valence-corrected chi connectivity index (χ4v) is 2.23. The second-order valence-corrected chi connectivity index (χ2v) is 5.69. The maximum atomic E-state index is 12.1. The van der Waals surface area contributed by atoms with E-state index in [1.54, 1.807) is 49.4 Å². The van der Waals surface area contributed by atoms with Crippen molar-refractivity contribution in [3.63, 3.8) is 0 Å². The molecule has 0 saturated heterocycles. The maximum absolute atomic E-state index is 12.1. The van der Waals surface area contributed by atoms with Crippen LogP contribution < -0.4 is 16.0 Å². The molecule has 0 aliphatic heterocycles. The molecule has 0 radical (unpaired) electrons. The number of halogens is 1. The fourth-order valence-electron chi connectivity index (χ4n) is 1.87. The largest absolute Gasteiger partial charge is 0.331 e. The lowest BCUT2D eigenvalue weighted by Gasteiger charge is -2.12. The fraction of sp³-hybridized carbons (Fsp3) is 0.118. The maximum Gasteiger partial charge on any atom is 0.257 e. The molecule has 0 aliphatic rings. The molecule has 0 saturated carbocycles. The summed E-state index contributed by atoms with van der Waals surface area (Å²) >= 11 is 11.3. The SMILES string of the molecule is CCC(=O)Nc1ccc(Cl)c(NC(=S)NC(=O)c2ccccc2)c1. The van der Waals surface area contributed by atoms with Crippen LogP contribution in [0.5, 0.6) is 0 Å². The minimum absolute atomic E-state index is 0.108. The molecule has 2 amide bonds. The van der Waals surface area contributed by atoms with Crippen molar-refractivity contribution in [2.45, 2.75) is 13.3 Å². The van der Waals surface area contributed by atoms with E-state index in [-0.39, 0.29) is 16.9 Å². The molecule has 0 atom stereocenters. The standard InChI is InChI=1S/C17H16ClN3O2S/c1-2-15(22)19-12-8-9-13(18)14(10-12)20-17(24)21-16(23)11-6-4-3-5-7-11/h3-10H,2H2,1H3,(H,19,22)(H2,20,21,23,24). The van der Waals surface area contributed by atoms with Crippen molar-refractivity contribution >= 4 is 52.1 Å². The molecule has 2 rings (SSSR count). The number of thiocarbonyl (C=S) groups is 1. The van der Waals surface area contributed by atoms with Gasteiger partial charge in [-0.3, -0.25) is 14.9 Å². The third-order valence-corrected chi connectivity index (χ3v) is 3.62. The first-order chi connectivity index (χ1) is 11.5. The number of carbonyl (C=O) groups is 2. The molecule has 0 fully saturated rings. The topological polar surface area (TPSA) is 70.2 Å². The number of benzene rings is 2. The van der Waals surface area contributed by atoms with E-state index in [1.165, 1.54) is 0 Å². The Kier molecular flexibility index (Phi) is 6.28. The van der Waals surface area contributed by atoms with Crippen molar-refractivity contribution in [2.75, 3.05) is 10.6 Å². The number of hydrogen-bond donors (Lipinski definition) is 3. The first-order valence-corrected chi connectivity index (χ1v) is 8.05. The average Bonchev–Trinajstić information content (AvgIpc) is 2.58. The summed E-state index contributed by atoms with van der Waals surface area (Å²) in [7, 11) is 0. The Hall–Kier alpha value is -2.44. The zero-order valence-electron chi connectivity index (χ0n) is 12.9. The molecule has 0 heterocycles. The van der Waals surface area contributed by atoms with E-state index in [2.05, 4.69) is 16.0 Å². The van der Waals surface area contributed by atoms with E-state index >= 15 is 0 Å². The van der Waals surface area contributed by atoms with Gasteiger partial charge in [0.1, 0.15) is 0 Å². The van der Waals surface area contributed by atoms with Crippen LogP contribution in [0.3, 0.4) is 0 Å². The van der Waals surface area contributed by atoms with Gasteiger partial charge in [0.15, 0.2) is 5.11 Å². The quantitative estimate of drug-likeness (QED) is 0.724. The Labute approximate surface area is 150 Å². The molecule has 0 aliphatic carbocycles. The Bertz CT molecular complexity index is 766. The molecule has 2 aromatic rings. The van der Waals surface area contributed by atoms with Gasteiger partial charge in [0, 0.05) is 17.7 Å². The third-order valence-electron chi connectivity index (χ3n) is 3.08. The normalized spacial score (nSPS) is 9.92. The smallest absolute Gasteiger partial charge is 0.257 e. The molecule has 7 heteroatoms. The van der Waals surface area contributed by atoms with Gasteiger partial charge in [-0.1, -0.05) is 36.7 Å². The molecular weight excluding hydrogens is 346 g/mol. The number of hydrogen-bond acceptors (Lipinski definition) is 3. The predicted molar refractivity (Wildman–Crippen MR) is 101 cm³/mol. The highest BCUT2D eigenvalue weighted by Gasteiger charge is 2.10. The molecule has 0 spiro atoms. The minimum Gasteiger partial charge on any atom is -0.331 e. The van der Waals surface area contributed by atoms with Gasteiger partial charge in [-0.15, -0.1) is 0 Å². The second-order valence-electron chi connectivity index (χ2n) is 4.87. The van der Waals surface area contributed by atoms with E-state index in [4.69, 9.17) is 23.8 Å². The van der Waals surface area contributed by atoms with Crippen LogP contribution in [-0.2, 0) is 4.79 Å². The van der Waals surface area contributed by atoms with E-state index in [0.29, 0.717) is 28.4 Å². The monoisotopic (exact) mass is 361 g/mol. The lowest BCUT2D eigenvalue weighted by molar-refractivity contribution is -0.115. The summed E-state index contributed by atoms with van der Waals surface area (Å²) in [6.07, 6.45) is 0.372. The van der Waals surface area contributed by atoms with Crippen molar-refractivity contribution in [1.82, 2.24) is 5.32 Å². The van der Waals surface area contributed by atoms with Gasteiger partial charge in [-0.2, -0.15) is 0 Å². The first kappa shape index (κ1) is 17.9. The zero-order valence-corrected chi connectivity index (χ0v) is 14.5. The molecule has 3 N–H and O–H groups in total. The van der Waals surface area contributed by atoms with Crippen LogP contribution in [0.4, 0.5) is 11.4 Å². The van der Waals surface area contributed by atoms with E-state index in [0.717, 1.165) is 0 Å². The molecule has 124 valence electrons. The van der Waals surface area contributed by atoms with Gasteiger partial charge >= 0.3 is 0 Å². The first-order valence-electron chi connectivity index (χ1n) is 7.26. The van der Waals surface area contributed by atoms with Gasteiger partial charge < -0.3 is 10.6 Å². The highest BCUT2D eigenvalue weighted by Crippen LogP contribution is 2.25. The van der Waals surface area contributed by atoms with Gasteiger partial charge in [0.25, 0.3) is 5.91 Å². The van der Waals surface area contributed by atoms with E-state index in [9.17, 15) is 9.59 Å². The van der Waals surface area contributed by atoms with Crippen LogP contribution >= 0.6 is 23.8 Å². The predicted octanol–water partition coefficient (Wildman–Crippen LogP) is 3.82. The van der Waals surface area contributed by atoms with Crippen LogP contribution in [0.2, 0.25) is 5.02 Å². The van der Waals surface area contributed by atoms with Crippen molar-refractivity contribution in [2.24, 2.45) is 0 Å². The van der Waals surface area contributed by atoms with Crippen molar-refractivity contribution in [3.05, 3.63) is 59.1 Å². The number of amides is 2. The molecule has 0 aromatic heterocycles. The summed E-state index contributed by atoms with van der Waals surface area (Å²) < 4.78 is 0. The summed E-state index contributed by atoms with van der Waals surface area (Å²) in [4.78, 5) is 23.5. The van der Waals surface area contributed by atoms with Crippen LogP contribution in [0.1, 0.15) is 23.7 Å². The van der Waals surface area contributed by atoms with Crippen LogP contribution in [0.15, 0.2) is 48.5 Å². The Morgan fingerprint density at radius 1 is 1.08 bits per heavy atom. The Balaban J connectivity index is 2.04. The molecule has 5 nitrogen and oxygen atoms in total.